The Balaban J connectivity index is 1.49. The maximum atomic E-state index is 9.55. The SMILES string of the molecule is Oc1ccc2c(c1)CCC2NC1CCOC1C1CC1. The van der Waals surface area contributed by atoms with E-state index in [1.165, 1.54) is 24.0 Å². The summed E-state index contributed by atoms with van der Waals surface area (Å²) >= 11 is 0. The Bertz CT molecular complexity index is 484. The van der Waals surface area contributed by atoms with Crippen LogP contribution < -0.4 is 5.32 Å². The highest BCUT2D eigenvalue weighted by Gasteiger charge is 2.41. The molecule has 0 amide bonds. The largest absolute Gasteiger partial charge is 0.508 e. The van der Waals surface area contributed by atoms with Crippen molar-refractivity contribution in [2.24, 2.45) is 5.92 Å². The first-order valence-corrected chi connectivity index (χ1v) is 7.51. The number of fused-ring (bicyclic) bond motifs is 1. The zero-order valence-corrected chi connectivity index (χ0v) is 11.1. The molecule has 3 unspecified atom stereocenters. The van der Waals surface area contributed by atoms with Crippen molar-refractivity contribution in [1.82, 2.24) is 5.32 Å². The normalized spacial score (nSPS) is 33.6. The minimum Gasteiger partial charge on any atom is -0.508 e. The zero-order valence-electron chi connectivity index (χ0n) is 11.1. The zero-order chi connectivity index (χ0) is 12.8. The van der Waals surface area contributed by atoms with Gasteiger partial charge in [-0.3, -0.25) is 0 Å². The van der Waals surface area contributed by atoms with Crippen molar-refractivity contribution in [3.63, 3.8) is 0 Å². The lowest BCUT2D eigenvalue weighted by Crippen LogP contribution is -2.39. The van der Waals surface area contributed by atoms with Gasteiger partial charge in [0.25, 0.3) is 0 Å². The van der Waals surface area contributed by atoms with Crippen molar-refractivity contribution in [3.05, 3.63) is 29.3 Å². The van der Waals surface area contributed by atoms with Crippen LogP contribution in [0.5, 0.6) is 5.75 Å². The lowest BCUT2D eigenvalue weighted by atomic mass is 10.0. The van der Waals surface area contributed by atoms with Gasteiger partial charge in [-0.25, -0.2) is 0 Å². The molecule has 1 saturated heterocycles. The molecule has 0 aromatic heterocycles. The van der Waals surface area contributed by atoms with E-state index in [0.29, 0.717) is 23.9 Å². The molecule has 3 atom stereocenters. The molecule has 102 valence electrons. The van der Waals surface area contributed by atoms with Crippen LogP contribution in [0.1, 0.15) is 42.9 Å². The fourth-order valence-electron chi connectivity index (χ4n) is 3.71. The smallest absolute Gasteiger partial charge is 0.115 e. The Morgan fingerprint density at radius 3 is 2.89 bits per heavy atom. The van der Waals surface area contributed by atoms with Crippen molar-refractivity contribution in [1.29, 1.82) is 0 Å². The van der Waals surface area contributed by atoms with E-state index in [9.17, 15) is 5.11 Å². The highest BCUT2D eigenvalue weighted by Crippen LogP contribution is 2.40. The molecule has 1 heterocycles. The highest BCUT2D eigenvalue weighted by molar-refractivity contribution is 5.40. The summed E-state index contributed by atoms with van der Waals surface area (Å²) in [5.41, 5.74) is 2.68. The topological polar surface area (TPSA) is 41.5 Å². The van der Waals surface area contributed by atoms with Gasteiger partial charge in [0, 0.05) is 18.7 Å². The molecular weight excluding hydrogens is 238 g/mol. The first-order chi connectivity index (χ1) is 9.31. The van der Waals surface area contributed by atoms with Gasteiger partial charge in [-0.15, -0.1) is 0 Å². The van der Waals surface area contributed by atoms with Gasteiger partial charge >= 0.3 is 0 Å². The first-order valence-electron chi connectivity index (χ1n) is 7.51. The van der Waals surface area contributed by atoms with Crippen LogP contribution in [0.15, 0.2) is 18.2 Å². The molecule has 3 heteroatoms. The predicted molar refractivity (Wildman–Crippen MR) is 73.2 cm³/mol. The average Bonchev–Trinajstić information content (AvgIpc) is 3.02. The summed E-state index contributed by atoms with van der Waals surface area (Å²) in [6.45, 7) is 0.911. The molecule has 2 N–H and O–H groups in total. The van der Waals surface area contributed by atoms with E-state index in [4.69, 9.17) is 4.74 Å². The second-order valence-corrected chi connectivity index (χ2v) is 6.21. The number of ether oxygens (including phenoxy) is 1. The molecular formula is C16H21NO2. The van der Waals surface area contributed by atoms with Crippen molar-refractivity contribution < 1.29 is 9.84 Å². The van der Waals surface area contributed by atoms with Gasteiger partial charge < -0.3 is 15.2 Å². The van der Waals surface area contributed by atoms with Gasteiger partial charge in [0.05, 0.1) is 6.10 Å². The van der Waals surface area contributed by atoms with Crippen molar-refractivity contribution in [2.75, 3.05) is 6.61 Å². The Morgan fingerprint density at radius 2 is 2.05 bits per heavy atom. The average molecular weight is 259 g/mol. The van der Waals surface area contributed by atoms with Crippen LogP contribution in [-0.2, 0) is 11.2 Å². The fraction of sp³-hybridized carbons (Fsp3) is 0.625. The summed E-state index contributed by atoms with van der Waals surface area (Å²) in [4.78, 5) is 0. The molecule has 2 aliphatic carbocycles. The lowest BCUT2D eigenvalue weighted by Gasteiger charge is -2.24. The lowest BCUT2D eigenvalue weighted by molar-refractivity contribution is 0.0788. The summed E-state index contributed by atoms with van der Waals surface area (Å²) < 4.78 is 5.90. The number of phenols is 1. The van der Waals surface area contributed by atoms with Crippen LogP contribution >= 0.6 is 0 Å². The van der Waals surface area contributed by atoms with Crippen LogP contribution in [-0.4, -0.2) is 23.9 Å². The standard InChI is InChI=1S/C16H21NO2/c18-12-4-5-13-11(9-12)3-6-14(13)17-15-7-8-19-16(15)10-1-2-10/h4-5,9-10,14-18H,1-3,6-8H2. The third kappa shape index (κ3) is 2.15. The van der Waals surface area contributed by atoms with Crippen molar-refractivity contribution in [2.45, 2.75) is 50.3 Å². The second kappa shape index (κ2) is 4.50. The Morgan fingerprint density at radius 1 is 1.16 bits per heavy atom. The number of phenolic OH excluding ortho intramolecular Hbond substituents is 1. The predicted octanol–water partition coefficient (Wildman–Crippen LogP) is 2.54. The summed E-state index contributed by atoms with van der Waals surface area (Å²) in [7, 11) is 0. The molecule has 4 rings (SSSR count). The van der Waals surface area contributed by atoms with Gasteiger partial charge in [-0.1, -0.05) is 6.07 Å². The van der Waals surface area contributed by atoms with Crippen LogP contribution in [0.4, 0.5) is 0 Å². The molecule has 0 bridgehead atoms. The quantitative estimate of drug-likeness (QED) is 0.876. The number of rotatable bonds is 3. The molecule has 0 spiro atoms. The summed E-state index contributed by atoms with van der Waals surface area (Å²) in [5.74, 6) is 1.19. The van der Waals surface area contributed by atoms with E-state index in [1.807, 2.05) is 12.1 Å². The van der Waals surface area contributed by atoms with Gasteiger partial charge in [0.15, 0.2) is 0 Å². The first kappa shape index (κ1) is 11.7. The van der Waals surface area contributed by atoms with Gasteiger partial charge in [0.2, 0.25) is 0 Å². The molecule has 1 aromatic rings. The minimum absolute atomic E-state index is 0.388. The Labute approximate surface area is 114 Å². The number of nitrogens with one attached hydrogen (secondary N) is 1. The maximum Gasteiger partial charge on any atom is 0.115 e. The number of aryl methyl sites for hydroxylation is 1. The van der Waals surface area contributed by atoms with Crippen LogP contribution in [0.3, 0.4) is 0 Å². The van der Waals surface area contributed by atoms with E-state index < -0.39 is 0 Å². The van der Waals surface area contributed by atoms with E-state index in [2.05, 4.69) is 11.4 Å². The molecule has 0 radical (unpaired) electrons. The molecule has 3 aliphatic rings. The minimum atomic E-state index is 0.388. The van der Waals surface area contributed by atoms with Gasteiger partial charge in [-0.2, -0.15) is 0 Å². The van der Waals surface area contributed by atoms with Crippen molar-refractivity contribution in [3.8, 4) is 5.75 Å². The summed E-state index contributed by atoms with van der Waals surface area (Å²) in [6, 6.07) is 6.78. The monoisotopic (exact) mass is 259 g/mol. The van der Waals surface area contributed by atoms with Gasteiger partial charge in [-0.05, 0) is 61.3 Å². The second-order valence-electron chi connectivity index (χ2n) is 6.21. The van der Waals surface area contributed by atoms with E-state index in [0.717, 1.165) is 31.8 Å². The van der Waals surface area contributed by atoms with Gasteiger partial charge in [0.1, 0.15) is 5.75 Å². The Hall–Kier alpha value is -1.06. The molecule has 1 aromatic carbocycles. The number of hydrogen-bond acceptors (Lipinski definition) is 3. The van der Waals surface area contributed by atoms with Crippen LogP contribution in [0.25, 0.3) is 0 Å². The molecule has 1 saturated carbocycles. The van der Waals surface area contributed by atoms with E-state index >= 15 is 0 Å². The molecule has 19 heavy (non-hydrogen) atoms. The van der Waals surface area contributed by atoms with Crippen molar-refractivity contribution >= 4 is 0 Å². The molecule has 3 nitrogen and oxygen atoms in total. The molecule has 1 aliphatic heterocycles. The van der Waals surface area contributed by atoms with E-state index in [-0.39, 0.29) is 0 Å². The fourth-order valence-corrected chi connectivity index (χ4v) is 3.71. The number of aromatic hydroxyl groups is 1. The third-order valence-electron chi connectivity index (χ3n) is 4.84. The number of benzene rings is 1. The van der Waals surface area contributed by atoms with Crippen LogP contribution in [0.2, 0.25) is 0 Å². The third-order valence-corrected chi connectivity index (χ3v) is 4.84. The highest BCUT2D eigenvalue weighted by atomic mass is 16.5. The summed E-state index contributed by atoms with van der Waals surface area (Å²) in [5, 5.41) is 13.4. The number of hydrogen-bond donors (Lipinski definition) is 2. The maximum absolute atomic E-state index is 9.55. The van der Waals surface area contributed by atoms with E-state index in [1.54, 1.807) is 0 Å². The molecule has 2 fully saturated rings. The Kier molecular flexibility index (Phi) is 2.78. The summed E-state index contributed by atoms with van der Waals surface area (Å²) in [6.07, 6.45) is 6.50. The van der Waals surface area contributed by atoms with Crippen LogP contribution in [0, 0.1) is 5.92 Å².